The molecule has 0 bridgehead atoms. The SMILES string of the molecule is CC(C(=O)OCC(=O)N1c2ccccc2CCc2ccccc21)n1c(=O)oc2ccccc21. The molecule has 1 aliphatic rings. The number of fused-ring (bicyclic) bond motifs is 3. The Labute approximate surface area is 189 Å². The number of para-hydroxylation sites is 4. The average Bonchev–Trinajstić information content (AvgIpc) is 3.07. The van der Waals surface area contributed by atoms with E-state index in [-0.39, 0.29) is 5.91 Å². The van der Waals surface area contributed by atoms with Gasteiger partial charge in [-0.25, -0.2) is 9.59 Å². The lowest BCUT2D eigenvalue weighted by Gasteiger charge is -2.25. The highest BCUT2D eigenvalue weighted by molar-refractivity contribution is 6.03. The predicted octanol–water partition coefficient (Wildman–Crippen LogP) is 4.16. The van der Waals surface area contributed by atoms with E-state index in [1.54, 1.807) is 36.1 Å². The fraction of sp³-hybridized carbons (Fsp3) is 0.192. The second-order valence-corrected chi connectivity index (χ2v) is 7.98. The van der Waals surface area contributed by atoms with E-state index in [4.69, 9.17) is 9.15 Å². The molecule has 0 saturated heterocycles. The summed E-state index contributed by atoms with van der Waals surface area (Å²) in [6.45, 7) is 1.10. The number of ether oxygens (including phenoxy) is 1. The van der Waals surface area contributed by atoms with Crippen LogP contribution in [-0.2, 0) is 27.2 Å². The van der Waals surface area contributed by atoms with Crippen LogP contribution in [-0.4, -0.2) is 23.1 Å². The minimum atomic E-state index is -0.947. The van der Waals surface area contributed by atoms with Crippen LogP contribution in [0.1, 0.15) is 24.1 Å². The van der Waals surface area contributed by atoms with Crippen molar-refractivity contribution in [2.75, 3.05) is 11.5 Å². The molecular formula is C26H22N2O5. The Morgan fingerprint density at radius 3 is 2.15 bits per heavy atom. The molecule has 0 aliphatic carbocycles. The van der Waals surface area contributed by atoms with Crippen LogP contribution < -0.4 is 10.7 Å². The van der Waals surface area contributed by atoms with E-state index in [1.165, 1.54) is 4.57 Å². The fourth-order valence-corrected chi connectivity index (χ4v) is 4.32. The summed E-state index contributed by atoms with van der Waals surface area (Å²) in [5.41, 5.74) is 4.56. The lowest BCUT2D eigenvalue weighted by atomic mass is 10.0. The van der Waals surface area contributed by atoms with E-state index in [0.717, 1.165) is 35.3 Å². The molecule has 0 spiro atoms. The number of aryl methyl sites for hydroxylation is 2. The van der Waals surface area contributed by atoms with Gasteiger partial charge in [0.2, 0.25) is 0 Å². The molecule has 1 atom stereocenters. The van der Waals surface area contributed by atoms with E-state index in [2.05, 4.69) is 0 Å². The fourth-order valence-electron chi connectivity index (χ4n) is 4.32. The quantitative estimate of drug-likeness (QED) is 0.443. The van der Waals surface area contributed by atoms with Crippen LogP contribution in [0.3, 0.4) is 0 Å². The first-order valence-corrected chi connectivity index (χ1v) is 10.8. The van der Waals surface area contributed by atoms with Gasteiger partial charge in [0.25, 0.3) is 5.91 Å². The number of carbonyl (C=O) groups excluding carboxylic acids is 2. The number of oxazole rings is 1. The zero-order valence-electron chi connectivity index (χ0n) is 18.1. The summed E-state index contributed by atoms with van der Waals surface area (Å²) in [4.78, 5) is 40.0. The Kier molecular flexibility index (Phi) is 5.30. The molecule has 4 aromatic rings. The zero-order valence-corrected chi connectivity index (χ0v) is 18.1. The van der Waals surface area contributed by atoms with Crippen molar-refractivity contribution in [2.45, 2.75) is 25.8 Å². The molecular weight excluding hydrogens is 420 g/mol. The Bertz CT molecular complexity index is 1370. The summed E-state index contributed by atoms with van der Waals surface area (Å²) in [6, 6.07) is 21.4. The first-order chi connectivity index (χ1) is 16.0. The summed E-state index contributed by atoms with van der Waals surface area (Å²) in [6.07, 6.45) is 1.62. The van der Waals surface area contributed by atoms with Gasteiger partial charge in [0.05, 0.1) is 16.9 Å². The number of hydrogen-bond acceptors (Lipinski definition) is 5. The molecule has 5 rings (SSSR count). The molecule has 0 N–H and O–H groups in total. The lowest BCUT2D eigenvalue weighted by molar-refractivity contribution is -0.150. The Balaban J connectivity index is 1.40. The number of aromatic nitrogens is 1. The number of carbonyl (C=O) groups is 2. The van der Waals surface area contributed by atoms with Crippen molar-refractivity contribution in [3.05, 3.63) is 94.5 Å². The number of esters is 1. The van der Waals surface area contributed by atoms with Crippen molar-refractivity contribution >= 4 is 34.4 Å². The summed E-state index contributed by atoms with van der Waals surface area (Å²) in [5, 5.41) is 0. The van der Waals surface area contributed by atoms with Gasteiger partial charge < -0.3 is 9.15 Å². The second-order valence-electron chi connectivity index (χ2n) is 7.98. The minimum Gasteiger partial charge on any atom is -0.454 e. The lowest BCUT2D eigenvalue weighted by Crippen LogP contribution is -2.33. The normalized spacial score (nSPS) is 13.7. The summed E-state index contributed by atoms with van der Waals surface area (Å²) in [7, 11) is 0. The minimum absolute atomic E-state index is 0.359. The van der Waals surface area contributed by atoms with Gasteiger partial charge in [0, 0.05) is 0 Å². The molecule has 0 radical (unpaired) electrons. The van der Waals surface area contributed by atoms with Gasteiger partial charge in [0.15, 0.2) is 12.2 Å². The molecule has 3 aromatic carbocycles. The van der Waals surface area contributed by atoms with Crippen molar-refractivity contribution < 1.29 is 18.7 Å². The molecule has 1 aliphatic heterocycles. The van der Waals surface area contributed by atoms with Gasteiger partial charge in [-0.3, -0.25) is 14.3 Å². The van der Waals surface area contributed by atoms with Crippen LogP contribution in [0.15, 0.2) is 82.0 Å². The molecule has 1 amide bonds. The first-order valence-electron chi connectivity index (χ1n) is 10.8. The Morgan fingerprint density at radius 1 is 0.909 bits per heavy atom. The third-order valence-corrected chi connectivity index (χ3v) is 5.96. The van der Waals surface area contributed by atoms with Crippen molar-refractivity contribution in [3.63, 3.8) is 0 Å². The number of anilines is 2. The molecule has 33 heavy (non-hydrogen) atoms. The summed E-state index contributed by atoms with van der Waals surface area (Å²) < 4.78 is 11.8. The maximum absolute atomic E-state index is 13.3. The number of amides is 1. The van der Waals surface area contributed by atoms with E-state index in [0.29, 0.717) is 11.1 Å². The highest BCUT2D eigenvalue weighted by Gasteiger charge is 2.28. The van der Waals surface area contributed by atoms with E-state index < -0.39 is 24.4 Å². The molecule has 1 aromatic heterocycles. The number of benzene rings is 3. The predicted molar refractivity (Wildman–Crippen MR) is 124 cm³/mol. The number of rotatable bonds is 4. The van der Waals surface area contributed by atoms with Gasteiger partial charge in [-0.15, -0.1) is 0 Å². The maximum atomic E-state index is 13.3. The Morgan fingerprint density at radius 2 is 1.48 bits per heavy atom. The summed E-state index contributed by atoms with van der Waals surface area (Å²) in [5.74, 6) is -1.70. The first kappa shape index (κ1) is 20.8. The van der Waals surface area contributed by atoms with Crippen molar-refractivity contribution in [2.24, 2.45) is 0 Å². The average molecular weight is 442 g/mol. The monoisotopic (exact) mass is 442 g/mol. The maximum Gasteiger partial charge on any atom is 0.420 e. The highest BCUT2D eigenvalue weighted by Crippen LogP contribution is 2.36. The van der Waals surface area contributed by atoms with Gasteiger partial charge in [-0.2, -0.15) is 0 Å². The van der Waals surface area contributed by atoms with E-state index >= 15 is 0 Å². The van der Waals surface area contributed by atoms with Gasteiger partial charge in [-0.1, -0.05) is 48.5 Å². The molecule has 0 fully saturated rings. The third-order valence-electron chi connectivity index (χ3n) is 5.96. The molecule has 7 nitrogen and oxygen atoms in total. The van der Waals surface area contributed by atoms with Crippen molar-refractivity contribution in [1.29, 1.82) is 0 Å². The molecule has 166 valence electrons. The largest absolute Gasteiger partial charge is 0.454 e. The van der Waals surface area contributed by atoms with Crippen LogP contribution in [0.2, 0.25) is 0 Å². The van der Waals surface area contributed by atoms with Gasteiger partial charge >= 0.3 is 11.7 Å². The van der Waals surface area contributed by atoms with Gasteiger partial charge in [0.1, 0.15) is 6.04 Å². The van der Waals surface area contributed by atoms with E-state index in [1.807, 2.05) is 48.5 Å². The van der Waals surface area contributed by atoms with Crippen LogP contribution in [0.5, 0.6) is 0 Å². The van der Waals surface area contributed by atoms with Crippen molar-refractivity contribution in [3.8, 4) is 0 Å². The van der Waals surface area contributed by atoms with Crippen LogP contribution in [0.4, 0.5) is 11.4 Å². The smallest absolute Gasteiger partial charge is 0.420 e. The second kappa shape index (κ2) is 8.43. The van der Waals surface area contributed by atoms with Crippen LogP contribution in [0, 0.1) is 0 Å². The standard InChI is InChI=1S/C26H22N2O5/c1-17(27-22-12-6-7-13-23(22)33-26(27)31)25(30)32-16-24(29)28-20-10-4-2-8-18(20)14-15-19-9-3-5-11-21(19)28/h2-13,17H,14-16H2,1H3. The third kappa shape index (κ3) is 3.71. The van der Waals surface area contributed by atoms with E-state index in [9.17, 15) is 14.4 Å². The molecule has 2 heterocycles. The highest BCUT2D eigenvalue weighted by atomic mass is 16.5. The van der Waals surface area contributed by atoms with Gasteiger partial charge in [-0.05, 0) is 55.2 Å². The number of nitrogens with zero attached hydrogens (tertiary/aromatic N) is 2. The number of hydrogen-bond donors (Lipinski definition) is 0. The Hall–Kier alpha value is -4.13. The molecule has 7 heteroatoms. The van der Waals surface area contributed by atoms with Crippen LogP contribution >= 0.6 is 0 Å². The zero-order chi connectivity index (χ0) is 22.9. The van der Waals surface area contributed by atoms with Crippen molar-refractivity contribution in [1.82, 2.24) is 4.57 Å². The topological polar surface area (TPSA) is 81.8 Å². The molecule has 1 unspecified atom stereocenters. The molecule has 0 saturated carbocycles. The summed E-state index contributed by atoms with van der Waals surface area (Å²) >= 11 is 0. The van der Waals surface area contributed by atoms with Crippen LogP contribution in [0.25, 0.3) is 11.1 Å².